The number of amides is 1. The van der Waals surface area contributed by atoms with Gasteiger partial charge in [0, 0.05) is 26.2 Å². The van der Waals surface area contributed by atoms with Crippen LogP contribution in [0.2, 0.25) is 5.02 Å². The molecule has 1 N–H and O–H groups in total. The topological polar surface area (TPSA) is 104 Å². The minimum Gasteiger partial charge on any atom is -0.496 e. The molecule has 11 heteroatoms. The molecule has 0 atom stereocenters. The predicted octanol–water partition coefficient (Wildman–Crippen LogP) is 3.45. The molecular formula is C27H31ClN4O6. The lowest BCUT2D eigenvalue weighted by molar-refractivity contribution is 0.0383. The number of halogens is 1. The number of carbonyl (C=O) groups excluding carboxylic acids is 2. The van der Waals surface area contributed by atoms with E-state index in [0.29, 0.717) is 59.8 Å². The fraction of sp³-hybridized carbons (Fsp3) is 0.370. The molecule has 10 nitrogen and oxygen atoms in total. The molecule has 1 aliphatic rings. The Morgan fingerprint density at radius 1 is 1.05 bits per heavy atom. The van der Waals surface area contributed by atoms with Gasteiger partial charge in [-0.1, -0.05) is 29.8 Å². The Hall–Kier alpha value is -3.60. The van der Waals surface area contributed by atoms with E-state index in [1.165, 1.54) is 18.9 Å². The normalized spacial score (nSPS) is 13.7. The molecule has 202 valence electrons. The highest BCUT2D eigenvalue weighted by Gasteiger charge is 2.33. The largest absolute Gasteiger partial charge is 0.496 e. The lowest BCUT2D eigenvalue weighted by atomic mass is 10.0. The molecule has 0 aliphatic carbocycles. The number of methoxy groups -OCH3 is 2. The van der Waals surface area contributed by atoms with Crippen LogP contribution in [0, 0.1) is 0 Å². The summed E-state index contributed by atoms with van der Waals surface area (Å²) in [7, 11) is 3.03. The summed E-state index contributed by atoms with van der Waals surface area (Å²) in [6.45, 7) is 5.69. The van der Waals surface area contributed by atoms with E-state index in [2.05, 4.69) is 15.3 Å². The van der Waals surface area contributed by atoms with Crippen molar-refractivity contribution in [2.75, 3.05) is 60.2 Å². The molecule has 0 saturated carbocycles. The Bertz CT molecular complexity index is 1270. The van der Waals surface area contributed by atoms with Crippen LogP contribution < -0.4 is 14.8 Å². The fourth-order valence-electron chi connectivity index (χ4n) is 4.33. The number of ether oxygens (including phenoxy) is 4. The third kappa shape index (κ3) is 5.77. The van der Waals surface area contributed by atoms with Crippen molar-refractivity contribution >= 4 is 23.5 Å². The van der Waals surface area contributed by atoms with Crippen LogP contribution in [-0.4, -0.2) is 86.8 Å². The van der Waals surface area contributed by atoms with Gasteiger partial charge in [-0.3, -0.25) is 9.69 Å². The molecule has 1 aliphatic heterocycles. The van der Waals surface area contributed by atoms with Crippen molar-refractivity contribution in [1.29, 1.82) is 0 Å². The van der Waals surface area contributed by atoms with E-state index in [4.69, 9.17) is 30.5 Å². The van der Waals surface area contributed by atoms with Gasteiger partial charge in [0.15, 0.2) is 5.69 Å². The van der Waals surface area contributed by atoms with Crippen LogP contribution in [0.5, 0.6) is 11.5 Å². The second kappa shape index (κ2) is 12.8. The van der Waals surface area contributed by atoms with Crippen LogP contribution in [0.25, 0.3) is 16.9 Å². The molecule has 0 unspecified atom stereocenters. The number of esters is 1. The van der Waals surface area contributed by atoms with Gasteiger partial charge >= 0.3 is 5.97 Å². The van der Waals surface area contributed by atoms with Gasteiger partial charge in [0.05, 0.1) is 56.0 Å². The van der Waals surface area contributed by atoms with Gasteiger partial charge in [0.1, 0.15) is 17.1 Å². The van der Waals surface area contributed by atoms with Crippen LogP contribution in [0.4, 0.5) is 0 Å². The number of nitrogens with zero attached hydrogens (tertiary/aromatic N) is 3. The first-order chi connectivity index (χ1) is 18.5. The van der Waals surface area contributed by atoms with E-state index in [1.54, 1.807) is 49.4 Å². The highest BCUT2D eigenvalue weighted by molar-refractivity contribution is 6.32. The van der Waals surface area contributed by atoms with Gasteiger partial charge in [-0.2, -0.15) is 5.10 Å². The van der Waals surface area contributed by atoms with Gasteiger partial charge in [-0.15, -0.1) is 0 Å². The number of rotatable bonds is 10. The van der Waals surface area contributed by atoms with E-state index in [-0.39, 0.29) is 17.9 Å². The molecular weight excluding hydrogens is 512 g/mol. The first kappa shape index (κ1) is 27.4. The van der Waals surface area contributed by atoms with E-state index in [1.807, 2.05) is 0 Å². The third-order valence-electron chi connectivity index (χ3n) is 6.14. The van der Waals surface area contributed by atoms with E-state index < -0.39 is 11.9 Å². The summed E-state index contributed by atoms with van der Waals surface area (Å²) >= 11 is 6.56. The second-order valence-electron chi connectivity index (χ2n) is 8.40. The molecule has 38 heavy (non-hydrogen) atoms. The first-order valence-corrected chi connectivity index (χ1v) is 12.7. The van der Waals surface area contributed by atoms with Crippen molar-refractivity contribution in [2.45, 2.75) is 6.92 Å². The Kier molecular flexibility index (Phi) is 9.22. The zero-order valence-corrected chi connectivity index (χ0v) is 22.4. The molecule has 1 saturated heterocycles. The number of carbonyl (C=O) groups is 2. The summed E-state index contributed by atoms with van der Waals surface area (Å²) in [5.41, 5.74) is 1.10. The maximum Gasteiger partial charge on any atom is 0.359 e. The second-order valence-corrected chi connectivity index (χ2v) is 8.81. The van der Waals surface area contributed by atoms with Crippen LogP contribution in [-0.2, 0) is 9.47 Å². The predicted molar refractivity (Wildman–Crippen MR) is 143 cm³/mol. The van der Waals surface area contributed by atoms with Crippen molar-refractivity contribution in [3.63, 3.8) is 0 Å². The molecule has 1 aromatic heterocycles. The highest BCUT2D eigenvalue weighted by Crippen LogP contribution is 2.42. The van der Waals surface area contributed by atoms with E-state index >= 15 is 0 Å². The van der Waals surface area contributed by atoms with Gasteiger partial charge in [0.25, 0.3) is 5.91 Å². The Morgan fingerprint density at radius 2 is 1.74 bits per heavy atom. The molecule has 1 fully saturated rings. The zero-order valence-electron chi connectivity index (χ0n) is 21.7. The highest BCUT2D eigenvalue weighted by atomic mass is 35.5. The lowest BCUT2D eigenvalue weighted by Crippen LogP contribution is -2.41. The standard InChI is InChI=1S/C27H31ClN4O6/c1-4-38-27(34)24-23(26(33)29-12-13-31-14-16-37-17-15-31)25(22-20(35-2)10-7-11-21(22)36-3)32(30-24)19-9-6-5-8-18(19)28/h5-11H,4,12-17H2,1-3H3,(H,29,33). The van der Waals surface area contributed by atoms with Crippen LogP contribution >= 0.6 is 11.6 Å². The summed E-state index contributed by atoms with van der Waals surface area (Å²) in [6.07, 6.45) is 0. The van der Waals surface area contributed by atoms with E-state index in [9.17, 15) is 9.59 Å². The number of benzene rings is 2. The summed E-state index contributed by atoms with van der Waals surface area (Å²) in [4.78, 5) is 29.1. The average Bonchev–Trinajstić information content (AvgIpc) is 3.33. The smallest absolute Gasteiger partial charge is 0.359 e. The number of nitrogens with one attached hydrogen (secondary N) is 1. The molecule has 3 aromatic rings. The molecule has 2 aromatic carbocycles. The minimum absolute atomic E-state index is 0.0353. The van der Waals surface area contributed by atoms with Crippen LogP contribution in [0.3, 0.4) is 0 Å². The molecule has 1 amide bonds. The van der Waals surface area contributed by atoms with Crippen molar-refractivity contribution < 1.29 is 28.5 Å². The van der Waals surface area contributed by atoms with Gasteiger partial charge in [0.2, 0.25) is 0 Å². The molecule has 0 spiro atoms. The summed E-state index contributed by atoms with van der Waals surface area (Å²) in [6, 6.07) is 12.3. The van der Waals surface area contributed by atoms with Gasteiger partial charge in [-0.25, -0.2) is 9.48 Å². The molecule has 4 rings (SSSR count). The van der Waals surface area contributed by atoms with Crippen molar-refractivity contribution in [2.24, 2.45) is 0 Å². The maximum absolute atomic E-state index is 13.8. The maximum atomic E-state index is 13.8. The minimum atomic E-state index is -0.730. The molecule has 0 bridgehead atoms. The van der Waals surface area contributed by atoms with Crippen molar-refractivity contribution in [3.8, 4) is 28.4 Å². The first-order valence-electron chi connectivity index (χ1n) is 12.3. The van der Waals surface area contributed by atoms with Crippen molar-refractivity contribution in [3.05, 3.63) is 58.7 Å². The number of hydrogen-bond acceptors (Lipinski definition) is 8. The molecule has 2 heterocycles. The average molecular weight is 543 g/mol. The quantitative estimate of drug-likeness (QED) is 0.389. The Balaban J connectivity index is 1.89. The number of hydrogen-bond donors (Lipinski definition) is 1. The number of aromatic nitrogens is 2. The fourth-order valence-corrected chi connectivity index (χ4v) is 4.55. The summed E-state index contributed by atoms with van der Waals surface area (Å²) in [5, 5.41) is 7.89. The van der Waals surface area contributed by atoms with Crippen LogP contribution in [0.15, 0.2) is 42.5 Å². The van der Waals surface area contributed by atoms with Crippen molar-refractivity contribution in [1.82, 2.24) is 20.0 Å². The zero-order chi connectivity index (χ0) is 27.1. The molecule has 0 radical (unpaired) electrons. The number of morpholine rings is 1. The van der Waals surface area contributed by atoms with Gasteiger partial charge < -0.3 is 24.3 Å². The summed E-state index contributed by atoms with van der Waals surface area (Å²) < 4.78 is 23.5. The monoisotopic (exact) mass is 542 g/mol. The number of para-hydroxylation sites is 1. The Labute approximate surface area is 226 Å². The SMILES string of the molecule is CCOC(=O)c1nn(-c2ccccc2Cl)c(-c2c(OC)cccc2OC)c1C(=O)NCCN1CCOCC1. The van der Waals surface area contributed by atoms with Crippen LogP contribution in [0.1, 0.15) is 27.8 Å². The lowest BCUT2D eigenvalue weighted by Gasteiger charge is -2.26. The van der Waals surface area contributed by atoms with Gasteiger partial charge in [-0.05, 0) is 31.2 Å². The Morgan fingerprint density at radius 3 is 2.37 bits per heavy atom. The third-order valence-corrected chi connectivity index (χ3v) is 6.46. The van der Waals surface area contributed by atoms with E-state index in [0.717, 1.165) is 13.1 Å². The summed E-state index contributed by atoms with van der Waals surface area (Å²) in [5.74, 6) is -0.361.